The third-order valence-electron chi connectivity index (χ3n) is 3.19. The Kier molecular flexibility index (Phi) is 8.42. The fraction of sp³-hybridized carbons (Fsp3) is 0.529. The molecule has 0 atom stereocenters. The molecule has 0 aliphatic rings. The van der Waals surface area contributed by atoms with Crippen LogP contribution in [0.2, 0.25) is 10.0 Å². The van der Waals surface area contributed by atoms with E-state index in [0.29, 0.717) is 47.1 Å². The van der Waals surface area contributed by atoms with Crippen molar-refractivity contribution in [3.63, 3.8) is 0 Å². The minimum Gasteiger partial charge on any atom is -0.492 e. The molecule has 0 aromatic heterocycles. The smallest absolute Gasteiger partial charge is 0.240 e. The minimum absolute atomic E-state index is 0.116. The lowest BCUT2D eigenvalue weighted by Crippen LogP contribution is -2.24. The number of nitrogens with zero attached hydrogens (tertiary/aromatic N) is 1. The summed E-state index contributed by atoms with van der Waals surface area (Å²) in [5, 5.41) is 5.25. The van der Waals surface area contributed by atoms with Crippen LogP contribution in [0.3, 0.4) is 0 Å². The van der Waals surface area contributed by atoms with Crippen LogP contribution in [0.15, 0.2) is 23.3 Å². The van der Waals surface area contributed by atoms with Gasteiger partial charge in [-0.05, 0) is 36.5 Å². The highest BCUT2D eigenvalue weighted by Crippen LogP contribution is 2.27. The summed E-state index contributed by atoms with van der Waals surface area (Å²) in [6.45, 7) is 8.66. The van der Waals surface area contributed by atoms with E-state index >= 15 is 0 Å². The maximum atomic E-state index is 11.8. The first-order valence-electron chi connectivity index (χ1n) is 7.75. The van der Waals surface area contributed by atoms with Gasteiger partial charge in [-0.1, -0.05) is 50.9 Å². The molecule has 1 aromatic rings. The number of halogens is 2. The monoisotopic (exact) mass is 358 g/mol. The van der Waals surface area contributed by atoms with E-state index in [9.17, 15) is 4.79 Å². The number of nitrogens with one attached hydrogen (secondary N) is 1. The zero-order valence-electron chi connectivity index (χ0n) is 14.0. The maximum absolute atomic E-state index is 11.8. The molecule has 0 saturated carbocycles. The van der Waals surface area contributed by atoms with Gasteiger partial charge in [0.1, 0.15) is 5.75 Å². The van der Waals surface area contributed by atoms with E-state index in [1.165, 1.54) is 0 Å². The molecule has 1 N–H and O–H groups in total. The van der Waals surface area contributed by atoms with Crippen molar-refractivity contribution in [2.75, 3.05) is 6.61 Å². The highest BCUT2D eigenvalue weighted by atomic mass is 35.5. The van der Waals surface area contributed by atoms with Gasteiger partial charge in [0.25, 0.3) is 0 Å². The van der Waals surface area contributed by atoms with Crippen LogP contribution in [0.4, 0.5) is 0 Å². The third-order valence-corrected chi connectivity index (χ3v) is 3.72. The van der Waals surface area contributed by atoms with E-state index in [1.807, 2.05) is 0 Å². The molecule has 4 nitrogen and oxygen atoms in total. The SMILES string of the molecule is CC(C)C(=NNC(=O)CCCOc1ccc(Cl)cc1Cl)C(C)C. The second-order valence-electron chi connectivity index (χ2n) is 5.91. The van der Waals surface area contributed by atoms with Crippen molar-refractivity contribution >= 4 is 34.8 Å². The Morgan fingerprint density at radius 1 is 1.22 bits per heavy atom. The van der Waals surface area contributed by atoms with Gasteiger partial charge in [0.15, 0.2) is 0 Å². The van der Waals surface area contributed by atoms with Gasteiger partial charge in [0, 0.05) is 17.2 Å². The van der Waals surface area contributed by atoms with Crippen molar-refractivity contribution < 1.29 is 9.53 Å². The number of carbonyl (C=O) groups excluding carboxylic acids is 1. The highest BCUT2D eigenvalue weighted by Gasteiger charge is 2.11. The van der Waals surface area contributed by atoms with E-state index in [2.05, 4.69) is 38.2 Å². The Labute approximate surface area is 148 Å². The van der Waals surface area contributed by atoms with Gasteiger partial charge in [-0.25, -0.2) is 5.43 Å². The number of carbonyl (C=O) groups is 1. The van der Waals surface area contributed by atoms with Gasteiger partial charge in [0.2, 0.25) is 5.91 Å². The summed E-state index contributed by atoms with van der Waals surface area (Å²) in [5.74, 6) is 1.07. The van der Waals surface area contributed by atoms with Crippen molar-refractivity contribution in [1.29, 1.82) is 0 Å². The van der Waals surface area contributed by atoms with Gasteiger partial charge < -0.3 is 4.74 Å². The number of amides is 1. The lowest BCUT2D eigenvalue weighted by atomic mass is 9.98. The number of hydrazone groups is 1. The predicted octanol–water partition coefficient (Wildman–Crippen LogP) is 4.94. The van der Waals surface area contributed by atoms with Crippen LogP contribution in [-0.4, -0.2) is 18.2 Å². The molecule has 0 unspecified atom stereocenters. The van der Waals surface area contributed by atoms with Crippen LogP contribution < -0.4 is 10.2 Å². The van der Waals surface area contributed by atoms with Crippen LogP contribution in [0.5, 0.6) is 5.75 Å². The molecule has 1 aromatic carbocycles. The number of hydrogen-bond donors (Lipinski definition) is 1. The Morgan fingerprint density at radius 2 is 1.87 bits per heavy atom. The highest BCUT2D eigenvalue weighted by molar-refractivity contribution is 6.35. The molecule has 23 heavy (non-hydrogen) atoms. The second-order valence-corrected chi connectivity index (χ2v) is 6.75. The molecule has 0 fully saturated rings. The molecule has 128 valence electrons. The number of rotatable bonds is 8. The normalized spacial score (nSPS) is 10.8. The van der Waals surface area contributed by atoms with Gasteiger partial charge in [-0.15, -0.1) is 0 Å². The average Bonchev–Trinajstić information content (AvgIpc) is 2.44. The number of benzene rings is 1. The zero-order valence-corrected chi connectivity index (χ0v) is 15.5. The van der Waals surface area contributed by atoms with Crippen LogP contribution in [-0.2, 0) is 4.79 Å². The van der Waals surface area contributed by atoms with E-state index in [1.54, 1.807) is 18.2 Å². The van der Waals surface area contributed by atoms with Crippen molar-refractivity contribution in [1.82, 2.24) is 5.43 Å². The molecule has 0 aliphatic carbocycles. The van der Waals surface area contributed by atoms with Gasteiger partial charge in [-0.2, -0.15) is 5.10 Å². The summed E-state index contributed by atoms with van der Waals surface area (Å²) in [7, 11) is 0. The van der Waals surface area contributed by atoms with E-state index in [-0.39, 0.29) is 5.91 Å². The topological polar surface area (TPSA) is 50.7 Å². The Balaban J connectivity index is 2.35. The summed E-state index contributed by atoms with van der Waals surface area (Å²) in [6.07, 6.45) is 0.928. The zero-order chi connectivity index (χ0) is 17.4. The fourth-order valence-corrected chi connectivity index (χ4v) is 2.58. The summed E-state index contributed by atoms with van der Waals surface area (Å²) in [5.41, 5.74) is 3.60. The largest absolute Gasteiger partial charge is 0.492 e. The third kappa shape index (κ3) is 7.23. The summed E-state index contributed by atoms with van der Waals surface area (Å²) in [6, 6.07) is 5.05. The summed E-state index contributed by atoms with van der Waals surface area (Å²) < 4.78 is 5.54. The molecule has 0 saturated heterocycles. The molecule has 0 aliphatic heterocycles. The molecule has 0 radical (unpaired) electrons. The standard InChI is InChI=1S/C17H24Cl2N2O2/c1-11(2)17(12(3)4)21-20-16(22)6-5-9-23-15-8-7-13(18)10-14(15)19/h7-8,10-12H,5-6,9H2,1-4H3,(H,20,22). The molecule has 0 spiro atoms. The van der Waals surface area contributed by atoms with Crippen molar-refractivity contribution in [3.05, 3.63) is 28.2 Å². The maximum Gasteiger partial charge on any atom is 0.240 e. The van der Waals surface area contributed by atoms with Gasteiger partial charge >= 0.3 is 0 Å². The Morgan fingerprint density at radius 3 is 2.43 bits per heavy atom. The summed E-state index contributed by atoms with van der Waals surface area (Å²) >= 11 is 11.8. The molecule has 0 bridgehead atoms. The van der Waals surface area contributed by atoms with Gasteiger partial charge in [-0.3, -0.25) is 4.79 Å². The van der Waals surface area contributed by atoms with Crippen LogP contribution in [0, 0.1) is 11.8 Å². The summed E-state index contributed by atoms with van der Waals surface area (Å²) in [4.78, 5) is 11.8. The average molecular weight is 359 g/mol. The molecule has 6 heteroatoms. The lowest BCUT2D eigenvalue weighted by Gasteiger charge is -2.13. The van der Waals surface area contributed by atoms with Crippen LogP contribution in [0.25, 0.3) is 0 Å². The first-order chi connectivity index (χ1) is 10.8. The van der Waals surface area contributed by atoms with Crippen LogP contribution >= 0.6 is 23.2 Å². The molecule has 1 rings (SSSR count). The van der Waals surface area contributed by atoms with E-state index in [4.69, 9.17) is 27.9 Å². The van der Waals surface area contributed by atoms with Gasteiger partial charge in [0.05, 0.1) is 11.6 Å². The molecule has 0 heterocycles. The minimum atomic E-state index is -0.116. The predicted molar refractivity (Wildman–Crippen MR) is 96.4 cm³/mol. The van der Waals surface area contributed by atoms with E-state index < -0.39 is 0 Å². The number of ether oxygens (including phenoxy) is 1. The van der Waals surface area contributed by atoms with E-state index in [0.717, 1.165) is 5.71 Å². The quantitative estimate of drug-likeness (QED) is 0.406. The Hall–Kier alpha value is -1.26. The molecular weight excluding hydrogens is 335 g/mol. The van der Waals surface area contributed by atoms with Crippen molar-refractivity contribution in [2.45, 2.75) is 40.5 Å². The lowest BCUT2D eigenvalue weighted by molar-refractivity contribution is -0.121. The Bertz CT molecular complexity index is 548. The first-order valence-corrected chi connectivity index (χ1v) is 8.51. The second kappa shape index (κ2) is 9.78. The van der Waals surface area contributed by atoms with Crippen molar-refractivity contribution in [2.24, 2.45) is 16.9 Å². The first kappa shape index (κ1) is 19.8. The number of hydrogen-bond acceptors (Lipinski definition) is 3. The fourth-order valence-electron chi connectivity index (χ4n) is 2.11. The molecular formula is C17H24Cl2N2O2. The molecule has 1 amide bonds. The van der Waals surface area contributed by atoms with Crippen molar-refractivity contribution in [3.8, 4) is 5.75 Å². The van der Waals surface area contributed by atoms with Crippen LogP contribution in [0.1, 0.15) is 40.5 Å².